The van der Waals surface area contributed by atoms with Gasteiger partial charge < -0.3 is 4.57 Å². The fourth-order valence-corrected chi connectivity index (χ4v) is 4.11. The van der Waals surface area contributed by atoms with Crippen molar-refractivity contribution in [3.05, 3.63) is 96.1 Å². The van der Waals surface area contributed by atoms with Crippen molar-refractivity contribution in [2.75, 3.05) is 0 Å². The molecule has 1 heterocycles. The molecule has 0 bridgehead atoms. The van der Waals surface area contributed by atoms with Gasteiger partial charge in [0.05, 0.1) is 0 Å². The molecule has 0 amide bonds. The number of ketones is 1. The Morgan fingerprint density at radius 3 is 2.30 bits per heavy atom. The number of hydrogen-bond donors (Lipinski definition) is 0. The molecule has 0 atom stereocenters. The van der Waals surface area contributed by atoms with Crippen LogP contribution in [0.25, 0.3) is 32.6 Å². The van der Waals surface area contributed by atoms with Gasteiger partial charge in [0.1, 0.15) is 0 Å². The Morgan fingerprint density at radius 2 is 1.44 bits per heavy atom. The molecule has 0 saturated heterocycles. The van der Waals surface area contributed by atoms with Crippen LogP contribution in [0, 0.1) is 0 Å². The highest BCUT2D eigenvalue weighted by molar-refractivity contribution is 6.19. The second-order valence-corrected chi connectivity index (χ2v) is 6.85. The van der Waals surface area contributed by atoms with E-state index < -0.39 is 0 Å². The molecule has 0 radical (unpaired) electrons. The number of carbonyl (C=O) groups is 1. The minimum Gasteiger partial charge on any atom is -0.341 e. The maximum Gasteiger partial charge on any atom is 0.193 e. The number of aryl methyl sites for hydroxylation is 1. The van der Waals surface area contributed by atoms with E-state index in [1.165, 1.54) is 16.4 Å². The third-order valence-corrected chi connectivity index (χ3v) is 5.39. The fourth-order valence-electron chi connectivity index (χ4n) is 4.11. The van der Waals surface area contributed by atoms with Gasteiger partial charge >= 0.3 is 0 Å². The van der Waals surface area contributed by atoms with E-state index in [4.69, 9.17) is 0 Å². The van der Waals surface area contributed by atoms with Crippen molar-refractivity contribution in [1.29, 1.82) is 0 Å². The highest BCUT2D eigenvalue weighted by Crippen LogP contribution is 2.31. The first-order valence-corrected chi connectivity index (χ1v) is 9.31. The Morgan fingerprint density at radius 1 is 0.741 bits per heavy atom. The summed E-state index contributed by atoms with van der Waals surface area (Å²) in [5, 5.41) is 4.42. The number of carbonyl (C=O) groups excluding carboxylic acids is 1. The SMILES string of the molecule is CCn1c2ccccc2c2cc(C(=O)c3cccc4ccccc34)ccc21. The van der Waals surface area contributed by atoms with Crippen LogP contribution >= 0.6 is 0 Å². The number of rotatable bonds is 3. The Bertz CT molecular complexity index is 1320. The third-order valence-electron chi connectivity index (χ3n) is 5.39. The summed E-state index contributed by atoms with van der Waals surface area (Å²) in [5.74, 6) is 0.0713. The second-order valence-electron chi connectivity index (χ2n) is 6.85. The summed E-state index contributed by atoms with van der Waals surface area (Å²) in [6.45, 7) is 3.06. The van der Waals surface area contributed by atoms with E-state index >= 15 is 0 Å². The molecule has 0 aliphatic rings. The number of benzene rings is 4. The topological polar surface area (TPSA) is 22.0 Å². The molecule has 0 aliphatic carbocycles. The van der Waals surface area contributed by atoms with Crippen LogP contribution in [0.3, 0.4) is 0 Å². The summed E-state index contributed by atoms with van der Waals surface area (Å²) >= 11 is 0. The lowest BCUT2D eigenvalue weighted by Gasteiger charge is -2.07. The third kappa shape index (κ3) is 2.37. The van der Waals surface area contributed by atoms with Crippen molar-refractivity contribution in [2.24, 2.45) is 0 Å². The van der Waals surface area contributed by atoms with Gasteiger partial charge in [0.25, 0.3) is 0 Å². The predicted octanol–water partition coefficient (Wildman–Crippen LogP) is 6.20. The van der Waals surface area contributed by atoms with Gasteiger partial charge in [-0.15, -0.1) is 0 Å². The van der Waals surface area contributed by atoms with Gasteiger partial charge in [0, 0.05) is 39.5 Å². The van der Waals surface area contributed by atoms with Crippen LogP contribution in [0.15, 0.2) is 84.9 Å². The van der Waals surface area contributed by atoms with Crippen LogP contribution in [0.1, 0.15) is 22.8 Å². The van der Waals surface area contributed by atoms with Crippen LogP contribution < -0.4 is 0 Å². The van der Waals surface area contributed by atoms with Crippen molar-refractivity contribution in [1.82, 2.24) is 4.57 Å². The maximum absolute atomic E-state index is 13.3. The summed E-state index contributed by atoms with van der Waals surface area (Å²) in [4.78, 5) is 13.3. The zero-order chi connectivity index (χ0) is 18.4. The van der Waals surface area contributed by atoms with E-state index in [1.54, 1.807) is 0 Å². The molecule has 27 heavy (non-hydrogen) atoms. The van der Waals surface area contributed by atoms with Gasteiger partial charge in [-0.25, -0.2) is 0 Å². The summed E-state index contributed by atoms with van der Waals surface area (Å²) < 4.78 is 2.30. The summed E-state index contributed by atoms with van der Waals surface area (Å²) in [7, 11) is 0. The van der Waals surface area contributed by atoms with Gasteiger partial charge in [0.2, 0.25) is 0 Å². The average Bonchev–Trinajstić information content (AvgIpc) is 3.05. The molecule has 0 spiro atoms. The minimum absolute atomic E-state index is 0.0713. The van der Waals surface area contributed by atoms with Crippen LogP contribution in [0.2, 0.25) is 0 Å². The van der Waals surface area contributed by atoms with Crippen LogP contribution in [0.4, 0.5) is 0 Å². The molecule has 0 saturated carbocycles. The lowest BCUT2D eigenvalue weighted by molar-refractivity contribution is 0.104. The molecule has 2 heteroatoms. The predicted molar refractivity (Wildman–Crippen MR) is 112 cm³/mol. The first kappa shape index (κ1) is 15.8. The van der Waals surface area contributed by atoms with E-state index in [2.05, 4.69) is 41.8 Å². The van der Waals surface area contributed by atoms with E-state index in [1.807, 2.05) is 54.6 Å². The van der Waals surface area contributed by atoms with Crippen molar-refractivity contribution < 1.29 is 4.79 Å². The molecule has 0 N–H and O–H groups in total. The number of nitrogens with zero attached hydrogens (tertiary/aromatic N) is 1. The van der Waals surface area contributed by atoms with Crippen molar-refractivity contribution >= 4 is 38.4 Å². The molecular weight excluding hydrogens is 330 g/mol. The largest absolute Gasteiger partial charge is 0.341 e. The second kappa shape index (κ2) is 6.10. The Hall–Kier alpha value is -3.39. The highest BCUT2D eigenvalue weighted by Gasteiger charge is 2.15. The van der Waals surface area contributed by atoms with Crippen LogP contribution in [-0.2, 0) is 6.54 Å². The molecule has 0 unspecified atom stereocenters. The van der Waals surface area contributed by atoms with Gasteiger partial charge in [-0.2, -0.15) is 0 Å². The van der Waals surface area contributed by atoms with E-state index in [-0.39, 0.29) is 5.78 Å². The first-order valence-electron chi connectivity index (χ1n) is 9.31. The lowest BCUT2D eigenvalue weighted by atomic mass is 9.96. The molecule has 130 valence electrons. The van der Waals surface area contributed by atoms with Gasteiger partial charge in [-0.1, -0.05) is 60.7 Å². The van der Waals surface area contributed by atoms with Gasteiger partial charge in [-0.05, 0) is 42.0 Å². The quantitative estimate of drug-likeness (QED) is 0.356. The van der Waals surface area contributed by atoms with Gasteiger partial charge in [0.15, 0.2) is 5.78 Å². The molecule has 5 aromatic rings. The lowest BCUT2D eigenvalue weighted by Crippen LogP contribution is -2.02. The zero-order valence-electron chi connectivity index (χ0n) is 15.1. The first-order chi connectivity index (χ1) is 13.3. The number of hydrogen-bond acceptors (Lipinski definition) is 1. The molecule has 1 aromatic heterocycles. The Balaban J connectivity index is 1.73. The molecular formula is C25H19NO. The fraction of sp³-hybridized carbons (Fsp3) is 0.0800. The molecule has 5 rings (SSSR count). The molecule has 4 aromatic carbocycles. The van der Waals surface area contributed by atoms with Crippen molar-refractivity contribution in [3.63, 3.8) is 0 Å². The van der Waals surface area contributed by atoms with Crippen molar-refractivity contribution in [2.45, 2.75) is 13.5 Å². The number of aromatic nitrogens is 1. The maximum atomic E-state index is 13.3. The molecule has 2 nitrogen and oxygen atoms in total. The van der Waals surface area contributed by atoms with Crippen molar-refractivity contribution in [3.8, 4) is 0 Å². The summed E-state index contributed by atoms with van der Waals surface area (Å²) in [6.07, 6.45) is 0. The van der Waals surface area contributed by atoms with E-state index in [0.717, 1.165) is 33.8 Å². The molecule has 0 fully saturated rings. The average molecular weight is 349 g/mol. The Labute approximate surface area is 157 Å². The molecule has 0 aliphatic heterocycles. The minimum atomic E-state index is 0.0713. The van der Waals surface area contributed by atoms with Crippen LogP contribution in [-0.4, -0.2) is 10.4 Å². The normalized spacial score (nSPS) is 11.4. The van der Waals surface area contributed by atoms with E-state index in [0.29, 0.717) is 0 Å². The van der Waals surface area contributed by atoms with Gasteiger partial charge in [-0.3, -0.25) is 4.79 Å². The Kier molecular flexibility index (Phi) is 3.58. The highest BCUT2D eigenvalue weighted by atomic mass is 16.1. The number of para-hydroxylation sites is 1. The summed E-state index contributed by atoms with van der Waals surface area (Å²) in [5.41, 5.74) is 3.88. The monoisotopic (exact) mass is 349 g/mol. The zero-order valence-corrected chi connectivity index (χ0v) is 15.1. The number of fused-ring (bicyclic) bond motifs is 4. The van der Waals surface area contributed by atoms with Crippen LogP contribution in [0.5, 0.6) is 0 Å². The van der Waals surface area contributed by atoms with E-state index in [9.17, 15) is 4.79 Å². The standard InChI is InChI=1S/C25H19NO/c1-2-26-23-13-6-5-11-20(23)22-16-18(14-15-24(22)26)25(27)21-12-7-9-17-8-3-4-10-19(17)21/h3-16H,2H2,1H3. The smallest absolute Gasteiger partial charge is 0.193 e. The summed E-state index contributed by atoms with van der Waals surface area (Å²) in [6, 6.07) is 28.5.